The molecular weight excluding hydrogens is 366 g/mol. The topological polar surface area (TPSA) is 59.4 Å². The lowest BCUT2D eigenvalue weighted by Crippen LogP contribution is -2.32. The van der Waals surface area contributed by atoms with Gasteiger partial charge in [-0.05, 0) is 37.5 Å². The summed E-state index contributed by atoms with van der Waals surface area (Å²) in [6.45, 7) is 7.98. The molecular formula is C20H23NO3S2. The number of aliphatic hydroxyl groups is 1. The SMILES string of the molecule is Cc1cc(C)c(C2=C(O)CC(C(C)CSc3nccs3)OC2=O)c(C)c1. The van der Waals surface area contributed by atoms with Gasteiger partial charge in [-0.2, -0.15) is 0 Å². The van der Waals surface area contributed by atoms with Gasteiger partial charge in [0.2, 0.25) is 0 Å². The number of aryl methyl sites for hydroxylation is 3. The van der Waals surface area contributed by atoms with Crippen molar-refractivity contribution in [2.45, 2.75) is 44.6 Å². The van der Waals surface area contributed by atoms with Crippen LogP contribution in [-0.4, -0.2) is 27.9 Å². The lowest BCUT2D eigenvalue weighted by Gasteiger charge is -2.29. The molecule has 1 aliphatic heterocycles. The summed E-state index contributed by atoms with van der Waals surface area (Å²) in [5.74, 6) is 0.612. The van der Waals surface area contributed by atoms with Crippen molar-refractivity contribution < 1.29 is 14.6 Å². The lowest BCUT2D eigenvalue weighted by molar-refractivity contribution is -0.145. The lowest BCUT2D eigenvalue weighted by atomic mass is 9.89. The second-order valence-electron chi connectivity index (χ2n) is 6.83. The summed E-state index contributed by atoms with van der Waals surface area (Å²) in [6.07, 6.45) is 1.82. The molecule has 1 aromatic carbocycles. The number of hydrogen-bond acceptors (Lipinski definition) is 6. The standard InChI is InChI=1S/C20H23NO3S2/c1-11-7-12(2)17(13(3)8-11)18-15(22)9-16(24-19(18)23)14(4)10-26-20-21-5-6-25-20/h5-8,14,16,22H,9-10H2,1-4H3. The van der Waals surface area contributed by atoms with Crippen LogP contribution >= 0.6 is 23.1 Å². The monoisotopic (exact) mass is 389 g/mol. The Bertz CT molecular complexity index is 820. The van der Waals surface area contributed by atoms with E-state index in [-0.39, 0.29) is 17.8 Å². The minimum absolute atomic E-state index is 0.122. The zero-order valence-electron chi connectivity index (χ0n) is 15.4. The number of ether oxygens (including phenoxy) is 1. The molecule has 0 radical (unpaired) electrons. The molecule has 0 fully saturated rings. The molecule has 1 aliphatic rings. The molecule has 0 amide bonds. The molecule has 4 nitrogen and oxygen atoms in total. The van der Waals surface area contributed by atoms with E-state index in [2.05, 4.69) is 4.98 Å². The van der Waals surface area contributed by atoms with Crippen LogP contribution in [0.2, 0.25) is 0 Å². The van der Waals surface area contributed by atoms with Gasteiger partial charge in [-0.15, -0.1) is 11.3 Å². The fraction of sp³-hybridized carbons (Fsp3) is 0.400. The second kappa shape index (κ2) is 7.84. The van der Waals surface area contributed by atoms with Gasteiger partial charge in [0.25, 0.3) is 0 Å². The molecule has 1 N–H and O–H groups in total. The molecule has 0 spiro atoms. The normalized spacial score (nSPS) is 18.8. The highest BCUT2D eigenvalue weighted by molar-refractivity contribution is 8.01. The molecule has 2 atom stereocenters. The molecule has 0 saturated heterocycles. The predicted molar refractivity (Wildman–Crippen MR) is 107 cm³/mol. The molecule has 3 rings (SSSR count). The van der Waals surface area contributed by atoms with Crippen LogP contribution in [0.5, 0.6) is 0 Å². The summed E-state index contributed by atoms with van der Waals surface area (Å²) in [6, 6.07) is 4.05. The summed E-state index contributed by atoms with van der Waals surface area (Å²) in [7, 11) is 0. The van der Waals surface area contributed by atoms with E-state index < -0.39 is 5.97 Å². The molecule has 6 heteroatoms. The van der Waals surface area contributed by atoms with Gasteiger partial charge in [-0.3, -0.25) is 0 Å². The number of nitrogens with zero attached hydrogens (tertiary/aromatic N) is 1. The first-order valence-corrected chi connectivity index (χ1v) is 10.5. The van der Waals surface area contributed by atoms with Crippen LogP contribution in [0.1, 0.15) is 35.6 Å². The third-order valence-corrected chi connectivity index (χ3v) is 6.84. The summed E-state index contributed by atoms with van der Waals surface area (Å²) in [4.78, 5) is 16.9. The highest BCUT2D eigenvalue weighted by Crippen LogP contribution is 2.35. The highest BCUT2D eigenvalue weighted by atomic mass is 32.2. The van der Waals surface area contributed by atoms with Crippen molar-refractivity contribution in [2.75, 3.05) is 5.75 Å². The smallest absolute Gasteiger partial charge is 0.342 e. The molecule has 0 aliphatic carbocycles. The van der Waals surface area contributed by atoms with Crippen LogP contribution in [0.3, 0.4) is 0 Å². The highest BCUT2D eigenvalue weighted by Gasteiger charge is 2.34. The van der Waals surface area contributed by atoms with Crippen molar-refractivity contribution in [1.29, 1.82) is 0 Å². The maximum atomic E-state index is 12.7. The number of hydrogen-bond donors (Lipinski definition) is 1. The molecule has 0 saturated carbocycles. The number of esters is 1. The zero-order chi connectivity index (χ0) is 18.8. The van der Waals surface area contributed by atoms with Gasteiger partial charge in [-0.25, -0.2) is 9.78 Å². The van der Waals surface area contributed by atoms with Crippen molar-refractivity contribution >= 4 is 34.6 Å². The van der Waals surface area contributed by atoms with Crippen molar-refractivity contribution in [3.8, 4) is 0 Å². The number of thiazole rings is 1. The largest absolute Gasteiger partial charge is 0.511 e. The van der Waals surface area contributed by atoms with Crippen LogP contribution in [0.25, 0.3) is 5.57 Å². The Kier molecular flexibility index (Phi) is 5.73. The number of carbonyl (C=O) groups is 1. The average molecular weight is 390 g/mol. The van der Waals surface area contributed by atoms with E-state index in [9.17, 15) is 9.90 Å². The third kappa shape index (κ3) is 3.96. The first kappa shape index (κ1) is 19.0. The number of benzene rings is 1. The first-order valence-electron chi connectivity index (χ1n) is 8.60. The minimum atomic E-state index is -0.431. The molecule has 2 aromatic rings. The van der Waals surface area contributed by atoms with E-state index in [0.717, 1.165) is 32.3 Å². The van der Waals surface area contributed by atoms with Crippen LogP contribution in [-0.2, 0) is 9.53 Å². The van der Waals surface area contributed by atoms with E-state index in [4.69, 9.17) is 4.74 Å². The van der Waals surface area contributed by atoms with Crippen molar-refractivity contribution in [2.24, 2.45) is 5.92 Å². The van der Waals surface area contributed by atoms with Crippen LogP contribution in [0.4, 0.5) is 0 Å². The zero-order valence-corrected chi connectivity index (χ0v) is 17.0. The van der Waals surface area contributed by atoms with Crippen LogP contribution in [0.15, 0.2) is 33.8 Å². The van der Waals surface area contributed by atoms with Gasteiger partial charge in [0.15, 0.2) is 0 Å². The van der Waals surface area contributed by atoms with Gasteiger partial charge < -0.3 is 9.84 Å². The predicted octanol–water partition coefficient (Wildman–Crippen LogP) is 5.08. The van der Waals surface area contributed by atoms with Gasteiger partial charge >= 0.3 is 5.97 Å². The van der Waals surface area contributed by atoms with Gasteiger partial charge in [-0.1, -0.05) is 36.4 Å². The number of rotatable bonds is 5. The minimum Gasteiger partial charge on any atom is -0.511 e. The molecule has 1 aromatic heterocycles. The fourth-order valence-electron chi connectivity index (χ4n) is 3.38. The van der Waals surface area contributed by atoms with Crippen molar-refractivity contribution in [3.05, 3.63) is 51.7 Å². The second-order valence-corrected chi connectivity index (χ2v) is 8.99. The summed E-state index contributed by atoms with van der Waals surface area (Å²) in [5.41, 5.74) is 4.20. The Balaban J connectivity index is 1.79. The molecule has 138 valence electrons. The number of cyclic esters (lactones) is 1. The number of aliphatic hydroxyl groups excluding tert-OH is 1. The van der Waals surface area contributed by atoms with Gasteiger partial charge in [0, 0.05) is 29.7 Å². The van der Waals surface area contributed by atoms with Crippen molar-refractivity contribution in [3.63, 3.8) is 0 Å². The maximum Gasteiger partial charge on any atom is 0.342 e. The summed E-state index contributed by atoms with van der Waals surface area (Å²) < 4.78 is 6.71. The van der Waals surface area contributed by atoms with Gasteiger partial charge in [0.1, 0.15) is 21.8 Å². The van der Waals surface area contributed by atoms with E-state index in [1.165, 1.54) is 0 Å². The number of aromatic nitrogens is 1. The Hall–Kier alpha value is -1.79. The number of thioether (sulfide) groups is 1. The van der Waals surface area contributed by atoms with E-state index in [0.29, 0.717) is 12.0 Å². The Labute approximate surface area is 162 Å². The van der Waals surface area contributed by atoms with E-state index in [1.54, 1.807) is 29.3 Å². The summed E-state index contributed by atoms with van der Waals surface area (Å²) >= 11 is 3.25. The Morgan fingerprint density at radius 2 is 2.04 bits per heavy atom. The fourth-order valence-corrected chi connectivity index (χ4v) is 5.14. The molecule has 2 heterocycles. The molecule has 2 unspecified atom stereocenters. The van der Waals surface area contributed by atoms with Crippen LogP contribution < -0.4 is 0 Å². The average Bonchev–Trinajstić information content (AvgIpc) is 3.07. The third-order valence-electron chi connectivity index (χ3n) is 4.59. The first-order chi connectivity index (χ1) is 12.4. The van der Waals surface area contributed by atoms with Crippen molar-refractivity contribution in [1.82, 2.24) is 4.98 Å². The maximum absolute atomic E-state index is 12.7. The van der Waals surface area contributed by atoms with Crippen LogP contribution in [0, 0.1) is 26.7 Å². The molecule has 0 bridgehead atoms. The Morgan fingerprint density at radius 3 is 2.62 bits per heavy atom. The van der Waals surface area contributed by atoms with E-state index in [1.807, 2.05) is 45.2 Å². The summed E-state index contributed by atoms with van der Waals surface area (Å²) in [5, 5.41) is 12.6. The number of carbonyl (C=O) groups excluding carboxylic acids is 1. The molecule has 26 heavy (non-hydrogen) atoms. The van der Waals surface area contributed by atoms with Gasteiger partial charge in [0.05, 0.1) is 0 Å². The quantitative estimate of drug-likeness (QED) is 0.571. The Morgan fingerprint density at radius 1 is 1.35 bits per heavy atom. The van der Waals surface area contributed by atoms with E-state index >= 15 is 0 Å².